The van der Waals surface area contributed by atoms with Crippen LogP contribution in [0.2, 0.25) is 0 Å². The number of benzene rings is 4. The van der Waals surface area contributed by atoms with E-state index in [1.807, 2.05) is 97.1 Å². The van der Waals surface area contributed by atoms with Crippen LogP contribution >= 0.6 is 0 Å². The molecule has 4 rings (SSSR count). The van der Waals surface area contributed by atoms with E-state index in [9.17, 15) is 9.59 Å². The van der Waals surface area contributed by atoms with Crippen molar-refractivity contribution < 1.29 is 19.1 Å². The van der Waals surface area contributed by atoms with Crippen LogP contribution in [0.25, 0.3) is 0 Å². The van der Waals surface area contributed by atoms with Crippen molar-refractivity contribution in [1.29, 1.82) is 0 Å². The average Bonchev–Trinajstić information content (AvgIpc) is 3.01. The van der Waals surface area contributed by atoms with Gasteiger partial charge < -0.3 is 19.7 Å². The van der Waals surface area contributed by atoms with E-state index in [0.29, 0.717) is 35.8 Å². The van der Waals surface area contributed by atoms with Crippen molar-refractivity contribution in [3.8, 4) is 11.5 Å². The van der Waals surface area contributed by atoms with Gasteiger partial charge >= 0.3 is 0 Å². The second-order valence-electron chi connectivity index (χ2n) is 12.9. The Bertz CT molecular complexity index is 1520. The zero-order valence-corrected chi connectivity index (χ0v) is 26.7. The maximum atomic E-state index is 13.4. The van der Waals surface area contributed by atoms with E-state index >= 15 is 0 Å². The fraction of sp³-hybridized carbons (Fsp3) is 0.316. The lowest BCUT2D eigenvalue weighted by Gasteiger charge is -2.24. The molecule has 0 saturated heterocycles. The molecule has 0 spiro atoms. The first-order chi connectivity index (χ1) is 20.9. The molecular weight excluding hydrogens is 548 g/mol. The molecule has 230 valence electrons. The van der Waals surface area contributed by atoms with E-state index in [1.54, 1.807) is 11.0 Å². The molecular formula is C38H44N2O4. The van der Waals surface area contributed by atoms with Crippen LogP contribution in [0.4, 0.5) is 11.4 Å². The van der Waals surface area contributed by atoms with Gasteiger partial charge in [-0.3, -0.25) is 9.59 Å². The predicted octanol–water partition coefficient (Wildman–Crippen LogP) is 8.07. The molecule has 0 saturated carbocycles. The number of hydrogen-bond donors (Lipinski definition) is 1. The van der Waals surface area contributed by atoms with Gasteiger partial charge in [-0.15, -0.1) is 0 Å². The first-order valence-corrected chi connectivity index (χ1v) is 15.1. The van der Waals surface area contributed by atoms with Gasteiger partial charge in [0.15, 0.2) is 13.2 Å². The van der Waals surface area contributed by atoms with Gasteiger partial charge in [-0.05, 0) is 70.5 Å². The van der Waals surface area contributed by atoms with Gasteiger partial charge in [0.25, 0.3) is 5.91 Å². The number of hydrogen-bond acceptors (Lipinski definition) is 5. The van der Waals surface area contributed by atoms with E-state index in [-0.39, 0.29) is 35.7 Å². The van der Waals surface area contributed by atoms with Crippen molar-refractivity contribution in [3.63, 3.8) is 0 Å². The number of anilines is 2. The summed E-state index contributed by atoms with van der Waals surface area (Å²) < 4.78 is 11.7. The average molecular weight is 593 g/mol. The molecule has 0 aliphatic heterocycles. The molecule has 4 aromatic rings. The fourth-order valence-electron chi connectivity index (χ4n) is 4.74. The molecule has 6 nitrogen and oxygen atoms in total. The number of para-hydroxylation sites is 2. The highest BCUT2D eigenvalue weighted by Crippen LogP contribution is 2.26. The normalized spacial score (nSPS) is 11.5. The summed E-state index contributed by atoms with van der Waals surface area (Å²) in [5, 5.41) is 3.35. The van der Waals surface area contributed by atoms with Crippen LogP contribution in [0.1, 0.15) is 63.0 Å². The monoisotopic (exact) mass is 592 g/mol. The molecule has 4 aromatic carbocycles. The molecule has 0 unspecified atom stereocenters. The summed E-state index contributed by atoms with van der Waals surface area (Å²) in [7, 11) is 0. The summed E-state index contributed by atoms with van der Waals surface area (Å²) in [6.07, 6.45) is 0. The third kappa shape index (κ3) is 8.96. The van der Waals surface area contributed by atoms with Crippen LogP contribution in [-0.4, -0.2) is 38.0 Å². The Labute approximate surface area is 262 Å². The van der Waals surface area contributed by atoms with E-state index in [4.69, 9.17) is 9.47 Å². The highest BCUT2D eigenvalue weighted by molar-refractivity contribution is 6.02. The predicted molar refractivity (Wildman–Crippen MR) is 179 cm³/mol. The Morgan fingerprint density at radius 3 is 1.68 bits per heavy atom. The summed E-state index contributed by atoms with van der Waals surface area (Å²) in [5.74, 6) is 1.02. The lowest BCUT2D eigenvalue weighted by atomic mass is 9.87. The number of carbonyl (C=O) groups is 2. The van der Waals surface area contributed by atoms with Gasteiger partial charge in [0, 0.05) is 30.0 Å². The number of ether oxygens (including phenoxy) is 2. The van der Waals surface area contributed by atoms with Crippen LogP contribution in [0.5, 0.6) is 11.5 Å². The van der Waals surface area contributed by atoms with Crippen molar-refractivity contribution >= 4 is 23.1 Å². The zero-order chi connectivity index (χ0) is 31.7. The Hall–Kier alpha value is -4.58. The Morgan fingerprint density at radius 1 is 0.636 bits per heavy atom. The Balaban J connectivity index is 1.36. The SMILES string of the molecule is CC(C)(C)c1ccc(OCC(=O)c2ccccc2NCCN(C(=O)COc2ccc(C(C)(C)C)cc2)c2ccccc2)cc1. The van der Waals surface area contributed by atoms with Gasteiger partial charge in [-0.2, -0.15) is 0 Å². The van der Waals surface area contributed by atoms with Gasteiger partial charge in [0.05, 0.1) is 0 Å². The molecule has 1 N–H and O–H groups in total. The number of nitrogens with one attached hydrogen (secondary N) is 1. The third-order valence-corrected chi connectivity index (χ3v) is 7.42. The minimum absolute atomic E-state index is 0.0417. The third-order valence-electron chi connectivity index (χ3n) is 7.42. The van der Waals surface area contributed by atoms with E-state index in [1.165, 1.54) is 11.1 Å². The standard InChI is InChI=1S/C38H44N2O4/c1-37(2,3)28-16-20-31(21-17-28)43-26-35(41)33-14-10-11-15-34(33)39-24-25-40(30-12-8-7-9-13-30)36(42)27-44-32-22-18-29(19-23-32)38(4,5)6/h7-23,39H,24-27H2,1-6H3. The lowest BCUT2D eigenvalue weighted by molar-refractivity contribution is -0.120. The summed E-state index contributed by atoms with van der Waals surface area (Å²) in [6.45, 7) is 13.6. The van der Waals surface area contributed by atoms with Gasteiger partial charge in [-0.25, -0.2) is 0 Å². The number of carbonyl (C=O) groups excluding carboxylic acids is 2. The zero-order valence-electron chi connectivity index (χ0n) is 26.7. The molecule has 0 aromatic heterocycles. The number of rotatable bonds is 12. The largest absolute Gasteiger partial charge is 0.485 e. The molecule has 0 aliphatic carbocycles. The van der Waals surface area contributed by atoms with Gasteiger partial charge in [0.2, 0.25) is 5.78 Å². The molecule has 0 aliphatic rings. The minimum atomic E-state index is -0.159. The van der Waals surface area contributed by atoms with Gasteiger partial charge in [0.1, 0.15) is 11.5 Å². The van der Waals surface area contributed by atoms with Crippen molar-refractivity contribution in [2.75, 3.05) is 36.5 Å². The number of Topliss-reactive ketones (excluding diaryl/α,β-unsaturated/α-hetero) is 1. The topological polar surface area (TPSA) is 67.9 Å². The Morgan fingerprint density at radius 2 is 1.14 bits per heavy atom. The second-order valence-corrected chi connectivity index (χ2v) is 12.9. The van der Waals surface area contributed by atoms with Crippen molar-refractivity contribution in [2.24, 2.45) is 0 Å². The summed E-state index contributed by atoms with van der Waals surface area (Å²) in [4.78, 5) is 28.2. The van der Waals surface area contributed by atoms with Crippen LogP contribution < -0.4 is 19.7 Å². The minimum Gasteiger partial charge on any atom is -0.485 e. The highest BCUT2D eigenvalue weighted by Gasteiger charge is 2.19. The van der Waals surface area contributed by atoms with Crippen molar-refractivity contribution in [3.05, 3.63) is 120 Å². The maximum absolute atomic E-state index is 13.4. The highest BCUT2D eigenvalue weighted by atomic mass is 16.5. The molecule has 0 radical (unpaired) electrons. The van der Waals surface area contributed by atoms with Crippen LogP contribution in [0, 0.1) is 0 Å². The fourth-order valence-corrected chi connectivity index (χ4v) is 4.74. The molecule has 1 amide bonds. The van der Waals surface area contributed by atoms with E-state index < -0.39 is 0 Å². The molecule has 6 heteroatoms. The lowest BCUT2D eigenvalue weighted by Crippen LogP contribution is -2.38. The van der Waals surface area contributed by atoms with Crippen molar-refractivity contribution in [1.82, 2.24) is 0 Å². The van der Waals surface area contributed by atoms with Crippen LogP contribution in [-0.2, 0) is 15.6 Å². The number of amides is 1. The van der Waals surface area contributed by atoms with Crippen LogP contribution in [0.15, 0.2) is 103 Å². The second kappa shape index (κ2) is 14.3. The molecule has 0 bridgehead atoms. The first-order valence-electron chi connectivity index (χ1n) is 15.1. The first kappa shape index (κ1) is 32.3. The number of ketones is 1. The molecule has 0 fully saturated rings. The molecule has 0 atom stereocenters. The quantitative estimate of drug-likeness (QED) is 0.169. The number of nitrogens with zero attached hydrogens (tertiary/aromatic N) is 1. The van der Waals surface area contributed by atoms with Crippen molar-refractivity contribution in [2.45, 2.75) is 52.4 Å². The summed E-state index contributed by atoms with van der Waals surface area (Å²) in [5.41, 5.74) is 4.51. The van der Waals surface area contributed by atoms with E-state index in [2.05, 4.69) is 46.9 Å². The summed E-state index contributed by atoms with van der Waals surface area (Å²) >= 11 is 0. The van der Waals surface area contributed by atoms with Gasteiger partial charge in [-0.1, -0.05) is 96.1 Å². The summed E-state index contributed by atoms with van der Waals surface area (Å²) in [6, 6.07) is 32.6. The van der Waals surface area contributed by atoms with Crippen LogP contribution in [0.3, 0.4) is 0 Å². The molecule has 0 heterocycles. The van der Waals surface area contributed by atoms with E-state index in [0.717, 1.165) is 5.69 Å². The Kier molecular flexibility index (Phi) is 10.5. The molecule has 44 heavy (non-hydrogen) atoms. The smallest absolute Gasteiger partial charge is 0.264 e. The maximum Gasteiger partial charge on any atom is 0.264 e.